The molecule has 2 rings (SSSR count). The number of aromatic nitrogens is 1. The molecule has 1 aromatic carbocycles. The zero-order chi connectivity index (χ0) is 19.0. The molecule has 1 atom stereocenters. The molecular weight excluding hydrogens is 345 g/mol. The van der Waals surface area contributed by atoms with Gasteiger partial charge in [-0.2, -0.15) is 13.2 Å². The highest BCUT2D eigenvalue weighted by Crippen LogP contribution is 2.31. The van der Waals surface area contributed by atoms with Crippen LogP contribution in [0.2, 0.25) is 0 Å². The standard InChI is InChI=1S/C18H23F3N4O/c1-3-22-17(24-12-16-8-10-26-25-16)23-9-7-13(2)14-5-4-6-15(11-14)18(19,20)21/h4-6,8,10-11,13H,3,7,9,12H2,1-2H3,(H2,22,23,24). The molecular formula is C18H23F3N4O. The highest BCUT2D eigenvalue weighted by atomic mass is 19.4. The lowest BCUT2D eigenvalue weighted by atomic mass is 9.96. The third-order valence-corrected chi connectivity index (χ3v) is 3.89. The number of benzene rings is 1. The summed E-state index contributed by atoms with van der Waals surface area (Å²) in [5.41, 5.74) is 0.781. The molecule has 142 valence electrons. The summed E-state index contributed by atoms with van der Waals surface area (Å²) in [4.78, 5) is 4.40. The Balaban J connectivity index is 1.89. The monoisotopic (exact) mass is 368 g/mol. The summed E-state index contributed by atoms with van der Waals surface area (Å²) in [7, 11) is 0. The minimum absolute atomic E-state index is 0.0109. The van der Waals surface area contributed by atoms with Gasteiger partial charge in [0.05, 0.1) is 12.1 Å². The predicted molar refractivity (Wildman–Crippen MR) is 93.8 cm³/mol. The second-order valence-corrected chi connectivity index (χ2v) is 5.93. The van der Waals surface area contributed by atoms with Crippen LogP contribution >= 0.6 is 0 Å². The van der Waals surface area contributed by atoms with E-state index in [1.807, 2.05) is 13.8 Å². The number of nitrogens with one attached hydrogen (secondary N) is 2. The van der Waals surface area contributed by atoms with Gasteiger partial charge in [0.25, 0.3) is 0 Å². The molecule has 0 spiro atoms. The van der Waals surface area contributed by atoms with Gasteiger partial charge in [-0.25, -0.2) is 4.99 Å². The number of rotatable bonds is 7. The van der Waals surface area contributed by atoms with Crippen LogP contribution in [-0.4, -0.2) is 24.2 Å². The van der Waals surface area contributed by atoms with Gasteiger partial charge in [-0.3, -0.25) is 0 Å². The lowest BCUT2D eigenvalue weighted by Crippen LogP contribution is -2.38. The van der Waals surface area contributed by atoms with Gasteiger partial charge in [-0.15, -0.1) is 0 Å². The number of guanidine groups is 1. The van der Waals surface area contributed by atoms with E-state index in [1.54, 1.807) is 12.1 Å². The first-order chi connectivity index (χ1) is 12.4. The Bertz CT molecular complexity index is 699. The van der Waals surface area contributed by atoms with E-state index in [4.69, 9.17) is 4.52 Å². The first-order valence-electron chi connectivity index (χ1n) is 8.48. The fourth-order valence-electron chi connectivity index (χ4n) is 2.42. The van der Waals surface area contributed by atoms with Crippen LogP contribution < -0.4 is 10.6 Å². The van der Waals surface area contributed by atoms with Crippen molar-refractivity contribution in [1.82, 2.24) is 15.8 Å². The van der Waals surface area contributed by atoms with Gasteiger partial charge in [0.15, 0.2) is 5.96 Å². The summed E-state index contributed by atoms with van der Waals surface area (Å²) in [6.07, 6.45) is -2.16. The Hall–Kier alpha value is -2.51. The molecule has 0 saturated carbocycles. The van der Waals surface area contributed by atoms with E-state index in [0.717, 1.165) is 11.8 Å². The van der Waals surface area contributed by atoms with E-state index in [0.29, 0.717) is 37.6 Å². The first-order valence-corrected chi connectivity index (χ1v) is 8.48. The third-order valence-electron chi connectivity index (χ3n) is 3.89. The molecule has 0 radical (unpaired) electrons. The summed E-state index contributed by atoms with van der Waals surface area (Å²) < 4.78 is 43.2. The third kappa shape index (κ3) is 6.09. The molecule has 5 nitrogen and oxygen atoms in total. The van der Waals surface area contributed by atoms with Crippen molar-refractivity contribution in [2.45, 2.75) is 38.9 Å². The molecule has 1 aromatic heterocycles. The van der Waals surface area contributed by atoms with Gasteiger partial charge in [-0.05, 0) is 30.9 Å². The van der Waals surface area contributed by atoms with Crippen molar-refractivity contribution < 1.29 is 17.7 Å². The molecule has 0 fully saturated rings. The second-order valence-electron chi connectivity index (χ2n) is 5.93. The Kier molecular flexibility index (Phi) is 7.06. The zero-order valence-electron chi connectivity index (χ0n) is 14.8. The van der Waals surface area contributed by atoms with Crippen molar-refractivity contribution >= 4 is 5.96 Å². The zero-order valence-corrected chi connectivity index (χ0v) is 14.8. The molecule has 0 aliphatic carbocycles. The van der Waals surface area contributed by atoms with Crippen molar-refractivity contribution in [1.29, 1.82) is 0 Å². The molecule has 2 aromatic rings. The number of nitrogens with zero attached hydrogens (tertiary/aromatic N) is 2. The van der Waals surface area contributed by atoms with Crippen LogP contribution in [0, 0.1) is 0 Å². The molecule has 1 heterocycles. The van der Waals surface area contributed by atoms with Crippen molar-refractivity contribution in [2.24, 2.45) is 4.99 Å². The summed E-state index contributed by atoms with van der Waals surface area (Å²) >= 11 is 0. The largest absolute Gasteiger partial charge is 0.416 e. The van der Waals surface area contributed by atoms with E-state index >= 15 is 0 Å². The molecule has 0 saturated heterocycles. The molecule has 1 unspecified atom stereocenters. The highest BCUT2D eigenvalue weighted by molar-refractivity contribution is 5.79. The summed E-state index contributed by atoms with van der Waals surface area (Å²) in [6.45, 7) is 5.54. The van der Waals surface area contributed by atoms with E-state index in [1.165, 1.54) is 18.4 Å². The minimum Gasteiger partial charge on any atom is -0.364 e. The van der Waals surface area contributed by atoms with Crippen molar-refractivity contribution in [2.75, 3.05) is 13.1 Å². The van der Waals surface area contributed by atoms with Gasteiger partial charge in [0.2, 0.25) is 0 Å². The number of hydrogen-bond donors (Lipinski definition) is 2. The van der Waals surface area contributed by atoms with E-state index in [9.17, 15) is 13.2 Å². The maximum absolute atomic E-state index is 12.8. The van der Waals surface area contributed by atoms with Gasteiger partial charge in [-0.1, -0.05) is 30.3 Å². The molecule has 2 N–H and O–H groups in total. The van der Waals surface area contributed by atoms with E-state index in [-0.39, 0.29) is 5.92 Å². The molecule has 8 heteroatoms. The maximum Gasteiger partial charge on any atom is 0.416 e. The molecule has 0 amide bonds. The van der Waals surface area contributed by atoms with Crippen LogP contribution in [0.15, 0.2) is 46.1 Å². The molecule has 0 aliphatic heterocycles. The summed E-state index contributed by atoms with van der Waals surface area (Å²) in [5, 5.41) is 10.1. The normalized spacial score (nSPS) is 13.5. The average Bonchev–Trinajstić information content (AvgIpc) is 3.12. The number of alkyl halides is 3. The fraction of sp³-hybridized carbons (Fsp3) is 0.444. The van der Waals surface area contributed by atoms with Gasteiger partial charge >= 0.3 is 6.18 Å². The minimum atomic E-state index is -4.32. The van der Waals surface area contributed by atoms with E-state index < -0.39 is 11.7 Å². The van der Waals surface area contributed by atoms with Crippen LogP contribution in [0.4, 0.5) is 13.2 Å². The van der Waals surface area contributed by atoms with Crippen LogP contribution in [-0.2, 0) is 12.7 Å². The lowest BCUT2D eigenvalue weighted by molar-refractivity contribution is -0.137. The average molecular weight is 368 g/mol. The van der Waals surface area contributed by atoms with Crippen molar-refractivity contribution in [3.05, 3.63) is 53.4 Å². The first kappa shape index (κ1) is 19.8. The van der Waals surface area contributed by atoms with Gasteiger partial charge < -0.3 is 15.2 Å². The topological polar surface area (TPSA) is 62.5 Å². The molecule has 0 bridgehead atoms. The van der Waals surface area contributed by atoms with Gasteiger partial charge in [0, 0.05) is 19.2 Å². The summed E-state index contributed by atoms with van der Waals surface area (Å²) in [5.74, 6) is 0.620. The van der Waals surface area contributed by atoms with Crippen molar-refractivity contribution in [3.8, 4) is 0 Å². The lowest BCUT2D eigenvalue weighted by Gasteiger charge is -2.16. The Morgan fingerprint density at radius 1 is 1.27 bits per heavy atom. The van der Waals surface area contributed by atoms with Crippen LogP contribution in [0.1, 0.15) is 43.0 Å². The quantitative estimate of drug-likeness (QED) is 0.574. The summed E-state index contributed by atoms with van der Waals surface area (Å²) in [6, 6.07) is 7.22. The maximum atomic E-state index is 12.8. The number of halogens is 3. The Labute approximate surface area is 150 Å². The van der Waals surface area contributed by atoms with Crippen LogP contribution in [0.25, 0.3) is 0 Å². The second kappa shape index (κ2) is 9.26. The Morgan fingerprint density at radius 2 is 2.08 bits per heavy atom. The molecule has 26 heavy (non-hydrogen) atoms. The number of hydrogen-bond acceptors (Lipinski definition) is 3. The highest BCUT2D eigenvalue weighted by Gasteiger charge is 2.30. The smallest absolute Gasteiger partial charge is 0.364 e. The van der Waals surface area contributed by atoms with Crippen molar-refractivity contribution in [3.63, 3.8) is 0 Å². The Morgan fingerprint density at radius 3 is 2.73 bits per heavy atom. The van der Waals surface area contributed by atoms with Crippen LogP contribution in [0.3, 0.4) is 0 Å². The molecule has 0 aliphatic rings. The SMILES string of the molecule is CCNC(=NCc1ccon1)NCCC(C)c1cccc(C(F)(F)F)c1. The van der Waals surface area contributed by atoms with E-state index in [2.05, 4.69) is 20.8 Å². The number of aliphatic imine (C=N–C) groups is 1. The van der Waals surface area contributed by atoms with Gasteiger partial charge in [0.1, 0.15) is 12.0 Å². The predicted octanol–water partition coefficient (Wildman–Crippen LogP) is 3.94. The fourth-order valence-corrected chi connectivity index (χ4v) is 2.42. The van der Waals surface area contributed by atoms with Crippen LogP contribution in [0.5, 0.6) is 0 Å².